The number of aliphatic hydroxyl groups excluding tert-OH is 2. The molecule has 0 bridgehead atoms. The Morgan fingerprint density at radius 3 is 2.55 bits per heavy atom. The molecule has 0 radical (unpaired) electrons. The number of piperidine rings is 1. The molecule has 0 amide bonds. The molecular weight excluding hydrogens is 382 g/mol. The Labute approximate surface area is 190 Å². The highest BCUT2D eigenvalue weighted by Gasteiger charge is 2.50. The molecule has 0 aromatic heterocycles. The van der Waals surface area contributed by atoms with Gasteiger partial charge in [-0.05, 0) is 100.0 Å². The summed E-state index contributed by atoms with van der Waals surface area (Å²) in [7, 11) is 0. The van der Waals surface area contributed by atoms with E-state index < -0.39 is 12.2 Å². The molecule has 4 fully saturated rings. The summed E-state index contributed by atoms with van der Waals surface area (Å²) in [5, 5.41) is 20.3. The van der Waals surface area contributed by atoms with Crippen LogP contribution in [0.3, 0.4) is 0 Å². The van der Waals surface area contributed by atoms with Crippen LogP contribution < -0.4 is 0 Å². The molecule has 1 heterocycles. The van der Waals surface area contributed by atoms with Gasteiger partial charge in [0.25, 0.3) is 0 Å². The lowest BCUT2D eigenvalue weighted by molar-refractivity contribution is 0.0598. The van der Waals surface area contributed by atoms with Crippen molar-refractivity contribution in [1.29, 1.82) is 0 Å². The number of rotatable bonds is 4. The molecule has 3 aliphatic carbocycles. The summed E-state index contributed by atoms with van der Waals surface area (Å²) in [6, 6.07) is 0.756. The average Bonchev–Trinajstić information content (AvgIpc) is 3.09. The minimum absolute atomic E-state index is 0.431. The van der Waals surface area contributed by atoms with Gasteiger partial charge in [-0.1, -0.05) is 50.1 Å². The molecule has 174 valence electrons. The van der Waals surface area contributed by atoms with Crippen LogP contribution in [0.5, 0.6) is 0 Å². The van der Waals surface area contributed by atoms with Crippen molar-refractivity contribution in [3.8, 4) is 0 Å². The minimum Gasteiger partial charge on any atom is -0.388 e. The summed E-state index contributed by atoms with van der Waals surface area (Å²) in [5.41, 5.74) is 3.79. The highest BCUT2D eigenvalue weighted by atomic mass is 16.3. The molecule has 1 aliphatic heterocycles. The van der Waals surface area contributed by atoms with Crippen LogP contribution in [0.4, 0.5) is 0 Å². The van der Waals surface area contributed by atoms with E-state index in [1.165, 1.54) is 64.5 Å². The maximum absolute atomic E-state index is 10.2. The molecule has 0 aromatic carbocycles. The molecule has 31 heavy (non-hydrogen) atoms. The van der Waals surface area contributed by atoms with Gasteiger partial charge in [-0.25, -0.2) is 0 Å². The Kier molecular flexibility index (Phi) is 7.15. The van der Waals surface area contributed by atoms with Crippen LogP contribution in [0.2, 0.25) is 0 Å². The first-order valence-corrected chi connectivity index (χ1v) is 13.0. The zero-order chi connectivity index (χ0) is 22.2. The molecule has 3 saturated carbocycles. The molecule has 4 aliphatic rings. The van der Waals surface area contributed by atoms with Crippen LogP contribution >= 0.6 is 0 Å². The van der Waals surface area contributed by atoms with Gasteiger partial charge in [-0.3, -0.25) is 0 Å². The van der Waals surface area contributed by atoms with Crippen molar-refractivity contribution in [2.45, 2.75) is 103 Å². The number of aliphatic hydroxyl groups is 2. The van der Waals surface area contributed by atoms with E-state index in [2.05, 4.69) is 44.4 Å². The molecule has 2 N–H and O–H groups in total. The zero-order valence-electron chi connectivity index (χ0n) is 20.2. The second-order valence-electron chi connectivity index (χ2n) is 11.5. The Morgan fingerprint density at radius 2 is 1.84 bits per heavy atom. The average molecular weight is 428 g/mol. The van der Waals surface area contributed by atoms with Gasteiger partial charge in [-0.2, -0.15) is 0 Å². The predicted octanol–water partition coefficient (Wildman–Crippen LogP) is 5.64. The largest absolute Gasteiger partial charge is 0.388 e. The molecular formula is C28H45NO2. The monoisotopic (exact) mass is 427 g/mol. The van der Waals surface area contributed by atoms with E-state index in [1.807, 2.05) is 0 Å². The lowest BCUT2D eigenvalue weighted by Crippen LogP contribution is -2.44. The minimum atomic E-state index is -0.598. The number of likely N-dealkylation sites (tertiary alicyclic amines) is 1. The fourth-order valence-corrected chi connectivity index (χ4v) is 7.57. The normalized spacial score (nSPS) is 42.0. The summed E-state index contributed by atoms with van der Waals surface area (Å²) in [6.45, 7) is 13.9. The van der Waals surface area contributed by atoms with Crippen LogP contribution in [0.1, 0.15) is 85.0 Å². The van der Waals surface area contributed by atoms with Gasteiger partial charge in [0.1, 0.15) is 0 Å². The van der Waals surface area contributed by atoms with E-state index in [0.717, 1.165) is 23.5 Å². The van der Waals surface area contributed by atoms with Gasteiger partial charge < -0.3 is 15.1 Å². The molecule has 0 unspecified atom stereocenters. The number of hydrogen-bond donors (Lipinski definition) is 2. The Balaban J connectivity index is 1.45. The first-order chi connectivity index (χ1) is 14.8. The fraction of sp³-hybridized carbons (Fsp3) is 0.786. The Hall–Kier alpha value is -0.900. The zero-order valence-corrected chi connectivity index (χ0v) is 20.2. The first kappa shape index (κ1) is 23.3. The van der Waals surface area contributed by atoms with Crippen LogP contribution in [-0.2, 0) is 0 Å². The highest BCUT2D eigenvalue weighted by Crippen LogP contribution is 2.59. The van der Waals surface area contributed by atoms with Crippen molar-refractivity contribution in [1.82, 2.24) is 4.90 Å². The van der Waals surface area contributed by atoms with E-state index in [-0.39, 0.29) is 0 Å². The van der Waals surface area contributed by atoms with Gasteiger partial charge >= 0.3 is 0 Å². The van der Waals surface area contributed by atoms with E-state index >= 15 is 0 Å². The third kappa shape index (κ3) is 4.75. The van der Waals surface area contributed by atoms with E-state index in [1.54, 1.807) is 5.57 Å². The Bertz CT molecular complexity index is 709. The summed E-state index contributed by atoms with van der Waals surface area (Å²) in [6.07, 6.45) is 15.4. The molecule has 0 spiro atoms. The van der Waals surface area contributed by atoms with Gasteiger partial charge in [-0.15, -0.1) is 0 Å². The van der Waals surface area contributed by atoms with Crippen LogP contribution in [0, 0.1) is 23.2 Å². The number of fused-ring (bicyclic) bond motifs is 1. The summed E-state index contributed by atoms with van der Waals surface area (Å²) >= 11 is 0. The van der Waals surface area contributed by atoms with Gasteiger partial charge in [0, 0.05) is 12.6 Å². The van der Waals surface area contributed by atoms with Gasteiger partial charge in [0.15, 0.2) is 0 Å². The SMILES string of the molecule is C=C1[C@H](O)CC(=C/C=C2\CCC[C@]3(C)[C@@H]([C@H](C)CN4CCCC[C@@H]4C)CC[C@@H]23)C[C@H]1O. The Morgan fingerprint density at radius 1 is 1.10 bits per heavy atom. The van der Waals surface area contributed by atoms with Crippen molar-refractivity contribution in [2.24, 2.45) is 23.2 Å². The third-order valence-corrected chi connectivity index (χ3v) is 9.49. The van der Waals surface area contributed by atoms with Crippen molar-refractivity contribution in [2.75, 3.05) is 13.1 Å². The number of allylic oxidation sites excluding steroid dienone is 3. The standard InChI is InChI=1S/C28H45NO2/c1-19(18-29-15-6-5-8-20(29)2)24-12-13-25-23(9-7-14-28(24,25)4)11-10-22-16-26(30)21(3)27(31)17-22/h10-11,19-20,24-27,30-31H,3,5-9,12-18H2,1-2,4H3/b23-11+/t19-,20+,24-,25+,26-,27-,28-/m1/s1. The van der Waals surface area contributed by atoms with Gasteiger partial charge in [0.2, 0.25) is 0 Å². The number of hydrogen-bond acceptors (Lipinski definition) is 3. The fourth-order valence-electron chi connectivity index (χ4n) is 7.57. The molecule has 4 rings (SSSR count). The van der Waals surface area contributed by atoms with Gasteiger partial charge in [0.05, 0.1) is 12.2 Å². The summed E-state index contributed by atoms with van der Waals surface area (Å²) in [5.74, 6) is 2.30. The maximum Gasteiger partial charge on any atom is 0.0809 e. The van der Waals surface area contributed by atoms with Crippen LogP contribution in [0.15, 0.2) is 35.5 Å². The third-order valence-electron chi connectivity index (χ3n) is 9.49. The number of nitrogens with zero attached hydrogens (tertiary/aromatic N) is 1. The molecule has 1 saturated heterocycles. The van der Waals surface area contributed by atoms with E-state index in [4.69, 9.17) is 0 Å². The van der Waals surface area contributed by atoms with E-state index in [0.29, 0.717) is 29.7 Å². The van der Waals surface area contributed by atoms with Crippen molar-refractivity contribution >= 4 is 0 Å². The quantitative estimate of drug-likeness (QED) is 0.571. The lowest BCUT2D eigenvalue weighted by atomic mass is 9.61. The molecule has 0 aromatic rings. The molecule has 3 heteroatoms. The predicted molar refractivity (Wildman–Crippen MR) is 129 cm³/mol. The van der Waals surface area contributed by atoms with E-state index in [9.17, 15) is 10.2 Å². The van der Waals surface area contributed by atoms with Crippen LogP contribution in [-0.4, -0.2) is 46.5 Å². The molecule has 3 nitrogen and oxygen atoms in total. The second-order valence-corrected chi connectivity index (χ2v) is 11.5. The second kappa shape index (κ2) is 9.53. The highest BCUT2D eigenvalue weighted by molar-refractivity contribution is 5.29. The maximum atomic E-state index is 10.2. The smallest absolute Gasteiger partial charge is 0.0809 e. The van der Waals surface area contributed by atoms with Crippen molar-refractivity contribution in [3.05, 3.63) is 35.5 Å². The van der Waals surface area contributed by atoms with Crippen molar-refractivity contribution in [3.63, 3.8) is 0 Å². The lowest BCUT2D eigenvalue weighted by Gasteiger charge is -2.46. The van der Waals surface area contributed by atoms with Crippen molar-refractivity contribution < 1.29 is 10.2 Å². The molecule has 7 atom stereocenters. The first-order valence-electron chi connectivity index (χ1n) is 13.0. The van der Waals surface area contributed by atoms with Crippen LogP contribution in [0.25, 0.3) is 0 Å². The topological polar surface area (TPSA) is 43.7 Å². The summed E-state index contributed by atoms with van der Waals surface area (Å²) < 4.78 is 0. The summed E-state index contributed by atoms with van der Waals surface area (Å²) in [4.78, 5) is 2.77.